The number of rotatable bonds is 4. The molecule has 0 aromatic heterocycles. The molecule has 1 atom stereocenters. The highest BCUT2D eigenvalue weighted by Gasteiger charge is 2.22. The van der Waals surface area contributed by atoms with Crippen molar-refractivity contribution in [3.8, 4) is 0 Å². The SMILES string of the molecule is CCCC(c1ccc(Cl)cc1)N1CCCC1.Cl. The third-order valence-corrected chi connectivity index (χ3v) is 3.65. The van der Waals surface area contributed by atoms with Crippen LogP contribution in [0.2, 0.25) is 5.02 Å². The number of nitrogens with zero attached hydrogens (tertiary/aromatic N) is 1. The van der Waals surface area contributed by atoms with Gasteiger partial charge in [-0.3, -0.25) is 4.90 Å². The normalized spacial score (nSPS) is 17.8. The summed E-state index contributed by atoms with van der Waals surface area (Å²) >= 11 is 5.94. The summed E-state index contributed by atoms with van der Waals surface area (Å²) < 4.78 is 0. The minimum atomic E-state index is 0. The lowest BCUT2D eigenvalue weighted by Gasteiger charge is -2.27. The first-order chi connectivity index (χ1) is 7.81. The van der Waals surface area contributed by atoms with E-state index in [4.69, 9.17) is 11.6 Å². The number of hydrogen-bond donors (Lipinski definition) is 0. The Balaban J connectivity index is 0.00000144. The van der Waals surface area contributed by atoms with Crippen LogP contribution in [-0.2, 0) is 0 Å². The van der Waals surface area contributed by atoms with Crippen LogP contribution >= 0.6 is 24.0 Å². The molecular formula is C14H21Cl2N. The molecule has 0 saturated carbocycles. The summed E-state index contributed by atoms with van der Waals surface area (Å²) in [6.07, 6.45) is 5.20. The molecule has 0 bridgehead atoms. The second kappa shape index (κ2) is 7.25. The van der Waals surface area contributed by atoms with E-state index in [2.05, 4.69) is 24.0 Å². The molecule has 0 radical (unpaired) electrons. The van der Waals surface area contributed by atoms with Gasteiger partial charge in [0, 0.05) is 11.1 Å². The number of hydrogen-bond acceptors (Lipinski definition) is 1. The van der Waals surface area contributed by atoms with Crippen LogP contribution in [-0.4, -0.2) is 18.0 Å². The molecule has 1 unspecified atom stereocenters. The van der Waals surface area contributed by atoms with Crippen molar-refractivity contribution in [3.63, 3.8) is 0 Å². The van der Waals surface area contributed by atoms with Gasteiger partial charge in [0.05, 0.1) is 0 Å². The minimum absolute atomic E-state index is 0. The molecule has 96 valence electrons. The Hall–Kier alpha value is -0.240. The van der Waals surface area contributed by atoms with Gasteiger partial charge in [0.25, 0.3) is 0 Å². The van der Waals surface area contributed by atoms with Crippen LogP contribution in [0.15, 0.2) is 24.3 Å². The first kappa shape index (κ1) is 14.8. The average Bonchev–Trinajstić information content (AvgIpc) is 2.81. The van der Waals surface area contributed by atoms with Crippen molar-refractivity contribution in [2.24, 2.45) is 0 Å². The number of likely N-dealkylation sites (tertiary alicyclic amines) is 1. The fourth-order valence-corrected chi connectivity index (χ4v) is 2.70. The molecule has 1 fully saturated rings. The van der Waals surface area contributed by atoms with Gasteiger partial charge in [-0.2, -0.15) is 0 Å². The molecule has 17 heavy (non-hydrogen) atoms. The van der Waals surface area contributed by atoms with E-state index in [1.807, 2.05) is 12.1 Å². The Morgan fingerprint density at radius 1 is 1.18 bits per heavy atom. The minimum Gasteiger partial charge on any atom is -0.296 e. The Bertz CT molecular complexity index is 317. The van der Waals surface area contributed by atoms with Gasteiger partial charge in [0.1, 0.15) is 0 Å². The smallest absolute Gasteiger partial charge is 0.0406 e. The van der Waals surface area contributed by atoms with Gasteiger partial charge < -0.3 is 0 Å². The topological polar surface area (TPSA) is 3.24 Å². The summed E-state index contributed by atoms with van der Waals surface area (Å²) in [4.78, 5) is 2.62. The molecule has 0 N–H and O–H groups in total. The number of benzene rings is 1. The summed E-state index contributed by atoms with van der Waals surface area (Å²) in [6.45, 7) is 4.78. The van der Waals surface area contributed by atoms with Crippen molar-refractivity contribution in [1.29, 1.82) is 0 Å². The zero-order valence-electron chi connectivity index (χ0n) is 10.4. The Morgan fingerprint density at radius 2 is 1.76 bits per heavy atom. The van der Waals surface area contributed by atoms with Gasteiger partial charge in [0.15, 0.2) is 0 Å². The van der Waals surface area contributed by atoms with E-state index >= 15 is 0 Å². The van der Waals surface area contributed by atoms with Gasteiger partial charge in [-0.25, -0.2) is 0 Å². The van der Waals surface area contributed by atoms with Crippen LogP contribution in [0.25, 0.3) is 0 Å². The van der Waals surface area contributed by atoms with Crippen LogP contribution in [0.1, 0.15) is 44.2 Å². The fourth-order valence-electron chi connectivity index (χ4n) is 2.57. The van der Waals surface area contributed by atoms with Crippen molar-refractivity contribution >= 4 is 24.0 Å². The molecule has 1 saturated heterocycles. The van der Waals surface area contributed by atoms with Crippen molar-refractivity contribution in [2.75, 3.05) is 13.1 Å². The Morgan fingerprint density at radius 3 is 2.29 bits per heavy atom. The molecule has 1 aromatic rings. The second-order valence-electron chi connectivity index (χ2n) is 4.60. The maximum Gasteiger partial charge on any atom is 0.0406 e. The van der Waals surface area contributed by atoms with E-state index in [0.717, 1.165) is 5.02 Å². The lowest BCUT2D eigenvalue weighted by molar-refractivity contribution is 0.232. The molecule has 2 rings (SSSR count). The van der Waals surface area contributed by atoms with Gasteiger partial charge in [-0.15, -0.1) is 12.4 Å². The third kappa shape index (κ3) is 3.87. The standard InChI is InChI=1S/C14H20ClN.ClH/c1-2-5-14(16-10-3-4-11-16)12-6-8-13(15)9-7-12;/h6-9,14H,2-5,10-11H2,1H3;1H. The molecule has 1 aliphatic heterocycles. The third-order valence-electron chi connectivity index (χ3n) is 3.40. The molecular weight excluding hydrogens is 253 g/mol. The fraction of sp³-hybridized carbons (Fsp3) is 0.571. The van der Waals surface area contributed by atoms with Gasteiger partial charge in [-0.05, 0) is 50.0 Å². The van der Waals surface area contributed by atoms with E-state index in [1.54, 1.807) is 0 Å². The van der Waals surface area contributed by atoms with Crippen molar-refractivity contribution in [2.45, 2.75) is 38.6 Å². The van der Waals surface area contributed by atoms with Crippen molar-refractivity contribution in [3.05, 3.63) is 34.9 Å². The van der Waals surface area contributed by atoms with Crippen LogP contribution < -0.4 is 0 Å². The molecule has 1 aliphatic rings. The molecule has 1 nitrogen and oxygen atoms in total. The first-order valence-electron chi connectivity index (χ1n) is 6.31. The van der Waals surface area contributed by atoms with Crippen LogP contribution in [0.4, 0.5) is 0 Å². The van der Waals surface area contributed by atoms with E-state index in [9.17, 15) is 0 Å². The van der Waals surface area contributed by atoms with Crippen LogP contribution in [0.5, 0.6) is 0 Å². The predicted octanol–water partition coefficient (Wildman–Crippen LogP) is 4.70. The van der Waals surface area contributed by atoms with E-state index in [1.165, 1.54) is 44.3 Å². The quantitative estimate of drug-likeness (QED) is 0.769. The predicted molar refractivity (Wildman–Crippen MR) is 77.2 cm³/mol. The van der Waals surface area contributed by atoms with Crippen molar-refractivity contribution in [1.82, 2.24) is 4.90 Å². The zero-order valence-corrected chi connectivity index (χ0v) is 11.9. The molecule has 0 spiro atoms. The molecule has 3 heteroatoms. The van der Waals surface area contributed by atoms with Crippen LogP contribution in [0, 0.1) is 0 Å². The summed E-state index contributed by atoms with van der Waals surface area (Å²) in [5.41, 5.74) is 1.42. The van der Waals surface area contributed by atoms with Crippen molar-refractivity contribution < 1.29 is 0 Å². The first-order valence-corrected chi connectivity index (χ1v) is 6.68. The summed E-state index contributed by atoms with van der Waals surface area (Å²) in [5, 5.41) is 0.834. The lowest BCUT2D eigenvalue weighted by Crippen LogP contribution is -2.25. The zero-order chi connectivity index (χ0) is 11.4. The highest BCUT2D eigenvalue weighted by Crippen LogP contribution is 2.29. The highest BCUT2D eigenvalue weighted by molar-refractivity contribution is 6.30. The Kier molecular flexibility index (Phi) is 6.32. The summed E-state index contributed by atoms with van der Waals surface area (Å²) in [5.74, 6) is 0. The maximum atomic E-state index is 5.94. The second-order valence-corrected chi connectivity index (χ2v) is 5.04. The average molecular weight is 274 g/mol. The lowest BCUT2D eigenvalue weighted by atomic mass is 10.0. The monoisotopic (exact) mass is 273 g/mol. The van der Waals surface area contributed by atoms with E-state index in [0.29, 0.717) is 6.04 Å². The van der Waals surface area contributed by atoms with Gasteiger partial charge in [0.2, 0.25) is 0 Å². The Labute approximate surface area is 116 Å². The molecule has 1 aromatic carbocycles. The molecule has 0 aliphatic carbocycles. The highest BCUT2D eigenvalue weighted by atomic mass is 35.5. The van der Waals surface area contributed by atoms with E-state index < -0.39 is 0 Å². The number of halogens is 2. The molecule has 0 amide bonds. The van der Waals surface area contributed by atoms with Gasteiger partial charge in [-0.1, -0.05) is 37.1 Å². The largest absolute Gasteiger partial charge is 0.296 e. The maximum absolute atomic E-state index is 5.94. The molecule has 1 heterocycles. The van der Waals surface area contributed by atoms with Gasteiger partial charge >= 0.3 is 0 Å². The summed E-state index contributed by atoms with van der Waals surface area (Å²) in [7, 11) is 0. The summed E-state index contributed by atoms with van der Waals surface area (Å²) in [6, 6.07) is 8.98. The van der Waals surface area contributed by atoms with Crippen LogP contribution in [0.3, 0.4) is 0 Å². The van der Waals surface area contributed by atoms with E-state index in [-0.39, 0.29) is 12.4 Å².